The normalized spacial score (nSPS) is 21.3. The monoisotopic (exact) mass is 321 g/mol. The minimum atomic E-state index is -3.08. The van der Waals surface area contributed by atoms with Crippen LogP contribution in [0.5, 0.6) is 0 Å². The number of hydrogen-bond acceptors (Lipinski definition) is 3. The SMILES string of the molecule is O=C(CCl)N(c1ccccc1Cl)[C@@H]1CCS(=O)(=O)C1. The van der Waals surface area contributed by atoms with Gasteiger partial charge in [-0.2, -0.15) is 0 Å². The molecule has 1 aromatic rings. The summed E-state index contributed by atoms with van der Waals surface area (Å²) in [6.45, 7) is 0. The Morgan fingerprint density at radius 1 is 1.37 bits per heavy atom. The van der Waals surface area contributed by atoms with E-state index < -0.39 is 15.9 Å². The quantitative estimate of drug-likeness (QED) is 0.801. The number of halogens is 2. The molecule has 0 aliphatic carbocycles. The molecule has 7 heteroatoms. The fourth-order valence-electron chi connectivity index (χ4n) is 2.23. The molecule has 1 atom stereocenters. The van der Waals surface area contributed by atoms with E-state index in [1.807, 2.05) is 0 Å². The predicted octanol–water partition coefficient (Wildman–Crippen LogP) is 2.10. The van der Waals surface area contributed by atoms with Crippen molar-refractivity contribution in [3.05, 3.63) is 29.3 Å². The van der Waals surface area contributed by atoms with Crippen LogP contribution in [0.2, 0.25) is 5.02 Å². The van der Waals surface area contributed by atoms with Crippen LogP contribution in [-0.4, -0.2) is 37.8 Å². The molecule has 0 N–H and O–H groups in total. The highest BCUT2D eigenvalue weighted by molar-refractivity contribution is 7.91. The minimum Gasteiger partial charge on any atom is -0.306 e. The molecule has 1 aliphatic heterocycles. The van der Waals surface area contributed by atoms with Gasteiger partial charge in [-0.1, -0.05) is 23.7 Å². The maximum atomic E-state index is 12.0. The van der Waals surface area contributed by atoms with Crippen molar-refractivity contribution < 1.29 is 13.2 Å². The fraction of sp³-hybridized carbons (Fsp3) is 0.417. The molecule has 1 heterocycles. The summed E-state index contributed by atoms with van der Waals surface area (Å²) in [7, 11) is -3.08. The summed E-state index contributed by atoms with van der Waals surface area (Å²) in [4.78, 5) is 13.4. The molecule has 1 saturated heterocycles. The molecule has 0 spiro atoms. The van der Waals surface area contributed by atoms with Crippen molar-refractivity contribution in [3.63, 3.8) is 0 Å². The lowest BCUT2D eigenvalue weighted by Gasteiger charge is -2.28. The third-order valence-electron chi connectivity index (χ3n) is 3.07. The number of sulfone groups is 1. The average molecular weight is 322 g/mol. The van der Waals surface area contributed by atoms with E-state index in [9.17, 15) is 13.2 Å². The van der Waals surface area contributed by atoms with Gasteiger partial charge in [0.1, 0.15) is 5.88 Å². The van der Waals surface area contributed by atoms with Gasteiger partial charge in [0.2, 0.25) is 5.91 Å². The summed E-state index contributed by atoms with van der Waals surface area (Å²) in [6.07, 6.45) is 0.413. The summed E-state index contributed by atoms with van der Waals surface area (Å²) in [5, 5.41) is 0.408. The Morgan fingerprint density at radius 2 is 2.05 bits per heavy atom. The first-order valence-electron chi connectivity index (χ1n) is 5.77. The van der Waals surface area contributed by atoms with Crippen molar-refractivity contribution in [2.24, 2.45) is 0 Å². The second kappa shape index (κ2) is 5.69. The van der Waals surface area contributed by atoms with Crippen molar-refractivity contribution in [3.8, 4) is 0 Å². The van der Waals surface area contributed by atoms with Gasteiger partial charge in [-0.15, -0.1) is 11.6 Å². The maximum absolute atomic E-state index is 12.0. The minimum absolute atomic E-state index is 0.0408. The Morgan fingerprint density at radius 3 is 2.58 bits per heavy atom. The standard InChI is InChI=1S/C12H13Cl2NO3S/c13-7-12(16)15(9-5-6-19(17,18)8-9)11-4-2-1-3-10(11)14/h1-4,9H,5-8H2/t9-/m1/s1. The van der Waals surface area contributed by atoms with Gasteiger partial charge in [-0.25, -0.2) is 8.42 Å². The summed E-state index contributed by atoms with van der Waals surface area (Å²) >= 11 is 11.7. The molecule has 0 saturated carbocycles. The molecular weight excluding hydrogens is 309 g/mol. The van der Waals surface area contributed by atoms with Crippen LogP contribution >= 0.6 is 23.2 Å². The topological polar surface area (TPSA) is 54.5 Å². The number of carbonyl (C=O) groups excluding carboxylic acids is 1. The van der Waals surface area contributed by atoms with Crippen LogP contribution < -0.4 is 4.90 Å². The fourth-order valence-corrected chi connectivity index (χ4v) is 4.28. The predicted molar refractivity (Wildman–Crippen MR) is 76.7 cm³/mol. The number of nitrogens with zero attached hydrogens (tertiary/aromatic N) is 1. The maximum Gasteiger partial charge on any atom is 0.242 e. The molecule has 0 unspecified atom stereocenters. The molecule has 1 amide bonds. The molecule has 4 nitrogen and oxygen atoms in total. The zero-order valence-corrected chi connectivity index (χ0v) is 12.4. The molecule has 104 valence electrons. The van der Waals surface area contributed by atoms with Crippen molar-refractivity contribution in [1.29, 1.82) is 0 Å². The lowest BCUT2D eigenvalue weighted by atomic mass is 10.2. The van der Waals surface area contributed by atoms with Crippen LogP contribution in [0.3, 0.4) is 0 Å². The second-order valence-corrected chi connectivity index (χ2v) is 7.31. The summed E-state index contributed by atoms with van der Waals surface area (Å²) in [6, 6.07) is 6.46. The Kier molecular flexibility index (Phi) is 4.38. The Bertz CT molecular complexity index is 588. The number of alkyl halides is 1. The van der Waals surface area contributed by atoms with Crippen molar-refractivity contribution >= 4 is 44.6 Å². The number of para-hydroxylation sites is 1. The van der Waals surface area contributed by atoms with E-state index in [4.69, 9.17) is 23.2 Å². The first-order valence-corrected chi connectivity index (χ1v) is 8.51. The third-order valence-corrected chi connectivity index (χ3v) is 5.37. The van der Waals surface area contributed by atoms with Gasteiger partial charge < -0.3 is 4.90 Å². The van der Waals surface area contributed by atoms with Gasteiger partial charge in [0.05, 0.1) is 28.3 Å². The van der Waals surface area contributed by atoms with E-state index in [0.717, 1.165) is 0 Å². The van der Waals surface area contributed by atoms with Crippen LogP contribution in [-0.2, 0) is 14.6 Å². The molecular formula is C12H13Cl2NO3S. The van der Waals surface area contributed by atoms with Crippen molar-refractivity contribution in [2.75, 3.05) is 22.3 Å². The number of carbonyl (C=O) groups is 1. The number of rotatable bonds is 3. The summed E-state index contributed by atoms with van der Waals surface area (Å²) < 4.78 is 23.1. The smallest absolute Gasteiger partial charge is 0.242 e. The molecule has 0 bridgehead atoms. The Balaban J connectivity index is 2.38. The zero-order valence-electron chi connectivity index (χ0n) is 10.1. The number of hydrogen-bond donors (Lipinski definition) is 0. The highest BCUT2D eigenvalue weighted by atomic mass is 35.5. The first kappa shape index (κ1) is 14.6. The van der Waals surface area contributed by atoms with Gasteiger partial charge in [0.15, 0.2) is 9.84 Å². The van der Waals surface area contributed by atoms with Crippen molar-refractivity contribution in [1.82, 2.24) is 0 Å². The largest absolute Gasteiger partial charge is 0.306 e. The lowest BCUT2D eigenvalue weighted by molar-refractivity contribution is -0.116. The van der Waals surface area contributed by atoms with E-state index in [2.05, 4.69) is 0 Å². The molecule has 19 heavy (non-hydrogen) atoms. The van der Waals surface area contributed by atoms with E-state index in [1.165, 1.54) is 4.90 Å². The van der Waals surface area contributed by atoms with Crippen LogP contribution in [0.1, 0.15) is 6.42 Å². The summed E-state index contributed by atoms with van der Waals surface area (Å²) in [5.74, 6) is -0.492. The van der Waals surface area contributed by atoms with E-state index in [-0.39, 0.29) is 23.3 Å². The van der Waals surface area contributed by atoms with Crippen LogP contribution in [0.25, 0.3) is 0 Å². The van der Waals surface area contributed by atoms with E-state index >= 15 is 0 Å². The number of anilines is 1. The Hall–Kier alpha value is -0.780. The van der Waals surface area contributed by atoms with Gasteiger partial charge in [0.25, 0.3) is 0 Å². The van der Waals surface area contributed by atoms with Gasteiger partial charge in [-0.3, -0.25) is 4.79 Å². The second-order valence-electron chi connectivity index (χ2n) is 4.41. The zero-order chi connectivity index (χ0) is 14.0. The molecule has 1 fully saturated rings. The van der Waals surface area contributed by atoms with E-state index in [1.54, 1.807) is 24.3 Å². The van der Waals surface area contributed by atoms with Crippen LogP contribution in [0.4, 0.5) is 5.69 Å². The van der Waals surface area contributed by atoms with Crippen LogP contribution in [0.15, 0.2) is 24.3 Å². The molecule has 1 aliphatic rings. The molecule has 1 aromatic carbocycles. The number of amides is 1. The molecule has 2 rings (SSSR count). The average Bonchev–Trinajstić information content (AvgIpc) is 2.72. The van der Waals surface area contributed by atoms with Gasteiger partial charge in [-0.05, 0) is 18.6 Å². The first-order chi connectivity index (χ1) is 8.94. The summed E-state index contributed by atoms with van der Waals surface area (Å²) in [5.41, 5.74) is 0.511. The molecule has 0 radical (unpaired) electrons. The third kappa shape index (κ3) is 3.22. The van der Waals surface area contributed by atoms with Gasteiger partial charge >= 0.3 is 0 Å². The highest BCUT2D eigenvalue weighted by Crippen LogP contribution is 2.30. The van der Waals surface area contributed by atoms with E-state index in [0.29, 0.717) is 17.1 Å². The van der Waals surface area contributed by atoms with Crippen molar-refractivity contribution in [2.45, 2.75) is 12.5 Å². The van der Waals surface area contributed by atoms with Gasteiger partial charge in [0, 0.05) is 0 Å². The number of benzene rings is 1. The lowest BCUT2D eigenvalue weighted by Crippen LogP contribution is -2.42. The van der Waals surface area contributed by atoms with Crippen LogP contribution in [0, 0.1) is 0 Å². The molecule has 0 aromatic heterocycles. The Labute approximate surface area is 122 Å². The highest BCUT2D eigenvalue weighted by Gasteiger charge is 2.35.